The molecule has 3 aliphatic rings. The molecule has 4 aromatic carbocycles. The van der Waals surface area contributed by atoms with Crippen molar-refractivity contribution in [3.63, 3.8) is 0 Å². The van der Waals surface area contributed by atoms with E-state index in [-0.39, 0.29) is 74.2 Å². The maximum atomic E-state index is 14.2. The van der Waals surface area contributed by atoms with Crippen LogP contribution < -0.4 is 0 Å². The van der Waals surface area contributed by atoms with E-state index in [4.69, 9.17) is 29.3 Å². The monoisotopic (exact) mass is 1180 g/mol. The summed E-state index contributed by atoms with van der Waals surface area (Å²) >= 11 is 0. The highest BCUT2D eigenvalue weighted by atomic mass is 19.1. The number of halogens is 2. The van der Waals surface area contributed by atoms with E-state index in [1.54, 1.807) is 47.1 Å². The Morgan fingerprint density at radius 1 is 0.698 bits per heavy atom. The van der Waals surface area contributed by atoms with Gasteiger partial charge in [-0.25, -0.2) is 8.78 Å². The minimum absolute atomic E-state index is 0.0128. The van der Waals surface area contributed by atoms with Gasteiger partial charge in [0.2, 0.25) is 5.91 Å². The molecule has 4 N–H and O–H groups in total. The number of esters is 1. The molecule has 16 nitrogen and oxygen atoms in total. The maximum Gasteiger partial charge on any atom is 0.305 e. The summed E-state index contributed by atoms with van der Waals surface area (Å²) in [5.74, 6) is -4.12. The van der Waals surface area contributed by atoms with Gasteiger partial charge in [0.25, 0.3) is 5.91 Å². The van der Waals surface area contributed by atoms with Gasteiger partial charge in [0.05, 0.1) is 53.6 Å². The molecule has 86 heavy (non-hydrogen) atoms. The molecule has 6 aromatic rings. The first-order chi connectivity index (χ1) is 40.9. The van der Waals surface area contributed by atoms with E-state index in [9.17, 15) is 48.1 Å². The lowest BCUT2D eigenvalue weighted by molar-refractivity contribution is -0.289. The topological polar surface area (TPSA) is 226 Å². The predicted octanol–water partition coefficient (Wildman–Crippen LogP) is 11.1. The summed E-state index contributed by atoms with van der Waals surface area (Å²) in [5.41, 5.74) is 12.5. The van der Waals surface area contributed by atoms with Gasteiger partial charge in [-0.2, -0.15) is 0 Å². The van der Waals surface area contributed by atoms with Crippen LogP contribution in [0, 0.1) is 11.6 Å². The van der Waals surface area contributed by atoms with Gasteiger partial charge in [-0.3, -0.25) is 33.9 Å². The van der Waals surface area contributed by atoms with Gasteiger partial charge in [0.1, 0.15) is 24.0 Å². The Balaban J connectivity index is 0.000000226. The van der Waals surface area contributed by atoms with Crippen LogP contribution in [-0.4, -0.2) is 113 Å². The van der Waals surface area contributed by atoms with Gasteiger partial charge >= 0.3 is 11.9 Å². The summed E-state index contributed by atoms with van der Waals surface area (Å²) in [7, 11) is 0. The molecule has 452 valence electrons. The van der Waals surface area contributed by atoms with E-state index in [0.717, 1.165) is 55.9 Å². The number of rotatable bonds is 17. The Hall–Kier alpha value is -8.13. The minimum Gasteiger partial charge on any atom is -0.481 e. The predicted molar refractivity (Wildman–Crippen MR) is 321 cm³/mol. The van der Waals surface area contributed by atoms with E-state index >= 15 is 0 Å². The number of fused-ring (bicyclic) bond motifs is 6. The lowest BCUT2D eigenvalue weighted by Gasteiger charge is -2.39. The number of pyridine rings is 2. The minimum atomic E-state index is -1.22. The molecule has 0 spiro atoms. The first-order valence-corrected chi connectivity index (χ1v) is 28.8. The van der Waals surface area contributed by atoms with Crippen molar-refractivity contribution in [1.82, 2.24) is 19.8 Å². The van der Waals surface area contributed by atoms with Crippen molar-refractivity contribution in [2.75, 3.05) is 13.2 Å². The quantitative estimate of drug-likeness (QED) is 0.0624. The molecule has 18 heteroatoms. The number of carboxylic acids is 1. The summed E-state index contributed by atoms with van der Waals surface area (Å²) < 4.78 is 45.6. The Labute approximate surface area is 499 Å². The SMILES string of the molecule is CC(=O)C[C@H]1C[C@@H](/C=C/c2c(C(C)C)nc3c(c2-c2ccc(F)cc2)CN(C(=O)COC(C)=O)Cc2ccccc2-3)OC(C)(C)O1.CC(C)c1nc2c(c(-c3ccc(F)cc3)c1/C=C/[C@@H](O)C[C@@H](O)CC(=O)O)CN(C(=O)CO)Cc1ccccc1-2. The zero-order chi connectivity index (χ0) is 62.1. The summed E-state index contributed by atoms with van der Waals surface area (Å²) in [6.07, 6.45) is 4.32. The van der Waals surface area contributed by atoms with Gasteiger partial charge < -0.3 is 44.4 Å². The highest BCUT2D eigenvalue weighted by molar-refractivity contribution is 5.89. The molecule has 0 bridgehead atoms. The number of Topliss-reactive ketones (excluding diaryl/α,β-unsaturated/α-hetero) is 1. The van der Waals surface area contributed by atoms with E-state index in [1.165, 1.54) is 37.3 Å². The van der Waals surface area contributed by atoms with Crippen molar-refractivity contribution in [2.45, 2.75) is 149 Å². The maximum absolute atomic E-state index is 14.2. The second kappa shape index (κ2) is 27.9. The molecule has 0 unspecified atom stereocenters. The van der Waals surface area contributed by atoms with E-state index in [1.807, 2.05) is 88.4 Å². The molecule has 2 aromatic heterocycles. The molecule has 0 radical (unpaired) electrons. The normalized spacial score (nSPS) is 16.9. The largest absolute Gasteiger partial charge is 0.481 e. The standard InChI is InChI=1S/C37H41FN2O6.C31H33FN2O6/c1-22(2)35-31(16-15-28-18-29(17-23(3)41)46-37(5,6)45-28)34(25-11-13-27(38)14-12-25)32-20-40(33(43)21-44-24(4)42)19-26-9-7-8-10-30(26)36(32)39-35;1-18(2)30-25(12-11-22(36)13-23(37)14-28(39)40)29(19-7-9-21(32)10-8-19)26-16-34(27(38)17-35)15-20-5-3-4-6-24(20)31(26)33-30/h7-16,22,28-29H,17-21H2,1-6H3;3-12,18,22-23,35-37H,13-17H2,1-2H3,(H,39,40)/b16-15+;12-11+/t28-,29+;22-,23-/m11/s1. The first kappa shape index (κ1) is 63.9. The highest BCUT2D eigenvalue weighted by Gasteiger charge is 2.36. The number of nitrogens with zero attached hydrogens (tertiary/aromatic N) is 4. The van der Waals surface area contributed by atoms with Crippen LogP contribution in [0.3, 0.4) is 0 Å². The molecule has 1 fully saturated rings. The number of ether oxygens (including phenoxy) is 3. The summed E-state index contributed by atoms with van der Waals surface area (Å²) in [4.78, 5) is 74.2. The number of carboxylic acid groups (broad SMARTS) is 1. The van der Waals surface area contributed by atoms with Crippen LogP contribution in [0.25, 0.3) is 56.9 Å². The molecule has 4 atom stereocenters. The van der Waals surface area contributed by atoms with Crippen molar-refractivity contribution < 1.29 is 67.4 Å². The summed E-state index contributed by atoms with van der Waals surface area (Å²) in [6.45, 7) is 14.5. The van der Waals surface area contributed by atoms with Crippen LogP contribution in [0.2, 0.25) is 0 Å². The number of benzene rings is 4. The van der Waals surface area contributed by atoms with Gasteiger partial charge in [-0.1, -0.05) is 125 Å². The Morgan fingerprint density at radius 3 is 1.65 bits per heavy atom. The molecule has 2 amide bonds. The third-order valence-electron chi connectivity index (χ3n) is 15.1. The van der Waals surface area contributed by atoms with E-state index in [2.05, 4.69) is 13.8 Å². The van der Waals surface area contributed by atoms with Crippen molar-refractivity contribution in [2.24, 2.45) is 0 Å². The highest BCUT2D eigenvalue weighted by Crippen LogP contribution is 2.45. The van der Waals surface area contributed by atoms with Gasteiger partial charge in [-0.15, -0.1) is 0 Å². The summed E-state index contributed by atoms with van der Waals surface area (Å²) in [5, 5.41) is 39.2. The number of aliphatic hydroxyl groups is 3. The third kappa shape index (κ3) is 15.6. The van der Waals surface area contributed by atoms with Gasteiger partial charge in [-0.05, 0) is 90.3 Å². The summed E-state index contributed by atoms with van der Waals surface area (Å²) in [6, 6.07) is 27.8. The third-order valence-corrected chi connectivity index (χ3v) is 15.1. The van der Waals surface area contributed by atoms with Gasteiger partial charge in [0, 0.05) is 85.7 Å². The molecule has 9 rings (SSSR count). The van der Waals surface area contributed by atoms with Crippen LogP contribution in [0.5, 0.6) is 0 Å². The average molecular weight is 1180 g/mol. The van der Waals surface area contributed by atoms with Crippen LogP contribution in [0.15, 0.2) is 109 Å². The second-order valence-electron chi connectivity index (χ2n) is 23.0. The number of hydrogen-bond acceptors (Lipinski definition) is 13. The molecule has 1 saturated heterocycles. The molecule has 0 saturated carbocycles. The smallest absolute Gasteiger partial charge is 0.305 e. The molecule has 5 heterocycles. The molecular formula is C68H74F2N4O12. The van der Waals surface area contributed by atoms with Crippen LogP contribution in [0.4, 0.5) is 8.78 Å². The van der Waals surface area contributed by atoms with E-state index < -0.39 is 54.7 Å². The van der Waals surface area contributed by atoms with Crippen LogP contribution in [-0.2, 0) is 64.4 Å². The first-order valence-electron chi connectivity index (χ1n) is 28.8. The fourth-order valence-corrected chi connectivity index (χ4v) is 11.3. The zero-order valence-corrected chi connectivity index (χ0v) is 49.7. The average Bonchev–Trinajstić information content (AvgIpc) is 1.38. The molecule has 0 aliphatic carbocycles. The number of amides is 2. The number of aliphatic hydroxyl groups excluding tert-OH is 3. The molecular weight excluding hydrogens is 1100 g/mol. The number of aliphatic carboxylic acids is 1. The Bertz CT molecular complexity index is 3540. The second-order valence-corrected chi connectivity index (χ2v) is 23.0. The molecule has 3 aliphatic heterocycles. The Morgan fingerprint density at radius 2 is 1.19 bits per heavy atom. The number of hydrogen-bond donors (Lipinski definition) is 4. The fourth-order valence-electron chi connectivity index (χ4n) is 11.3. The number of carbonyl (C=O) groups is 5. The number of ketones is 1. The zero-order valence-electron chi connectivity index (χ0n) is 49.7. The van der Waals surface area contributed by atoms with E-state index in [0.29, 0.717) is 53.0 Å². The fraction of sp³-hybridized carbons (Fsp3) is 0.368. The van der Waals surface area contributed by atoms with Crippen LogP contribution in [0.1, 0.15) is 138 Å². The van der Waals surface area contributed by atoms with Crippen molar-refractivity contribution >= 4 is 41.7 Å². The lowest BCUT2D eigenvalue weighted by atomic mass is 9.87. The lowest BCUT2D eigenvalue weighted by Crippen LogP contribution is -2.44. The Kier molecular flexibility index (Phi) is 20.7. The van der Waals surface area contributed by atoms with Crippen molar-refractivity contribution in [3.8, 4) is 44.8 Å². The van der Waals surface area contributed by atoms with Gasteiger partial charge in [0.15, 0.2) is 12.4 Å². The number of carbonyl (C=O) groups excluding carboxylic acids is 4. The van der Waals surface area contributed by atoms with Crippen molar-refractivity contribution in [3.05, 3.63) is 166 Å². The number of aromatic nitrogens is 2. The van der Waals surface area contributed by atoms with Crippen molar-refractivity contribution in [1.29, 1.82) is 0 Å². The van der Waals surface area contributed by atoms with Crippen LogP contribution >= 0.6 is 0 Å².